The van der Waals surface area contributed by atoms with Crippen molar-refractivity contribution in [2.45, 2.75) is 24.7 Å². The highest BCUT2D eigenvalue weighted by Crippen LogP contribution is 2.33. The van der Waals surface area contributed by atoms with Crippen molar-refractivity contribution in [3.8, 4) is 0 Å². The summed E-state index contributed by atoms with van der Waals surface area (Å²) in [5, 5.41) is 9.39. The zero-order valence-corrected chi connectivity index (χ0v) is 13.5. The van der Waals surface area contributed by atoms with Crippen molar-refractivity contribution < 1.29 is 18.3 Å². The van der Waals surface area contributed by atoms with Gasteiger partial charge in [0, 0.05) is 19.3 Å². The third-order valence-corrected chi connectivity index (χ3v) is 5.37. The quantitative estimate of drug-likeness (QED) is 0.920. The molecule has 1 aliphatic rings. The molecule has 0 aliphatic carbocycles. The second-order valence-electron chi connectivity index (χ2n) is 5.44. The van der Waals surface area contributed by atoms with Gasteiger partial charge in [0.05, 0.1) is 21.5 Å². The maximum absolute atomic E-state index is 11.7. The second-order valence-corrected chi connectivity index (χ2v) is 7.83. The van der Waals surface area contributed by atoms with Gasteiger partial charge in [-0.25, -0.2) is 8.42 Å². The number of aliphatic carboxylic acids is 1. The van der Waals surface area contributed by atoms with Gasteiger partial charge in [-0.05, 0) is 37.5 Å². The summed E-state index contributed by atoms with van der Waals surface area (Å²) in [5.74, 6) is -1.07. The number of carboxylic acid groups (broad SMARTS) is 1. The number of nitrogens with zero attached hydrogens (tertiary/aromatic N) is 1. The number of hydrogen-bond donors (Lipinski definition) is 1. The Hall–Kier alpha value is -1.27. The summed E-state index contributed by atoms with van der Waals surface area (Å²) in [5.41, 5.74) is 1.42. The van der Waals surface area contributed by atoms with Crippen molar-refractivity contribution in [3.63, 3.8) is 0 Å². The van der Waals surface area contributed by atoms with Gasteiger partial charge in [0.25, 0.3) is 0 Å². The second kappa shape index (κ2) is 5.85. The molecule has 1 N–H and O–H groups in total. The van der Waals surface area contributed by atoms with Crippen LogP contribution in [-0.4, -0.2) is 38.8 Å². The number of sulfone groups is 1. The molecule has 1 aromatic rings. The molecule has 116 valence electrons. The largest absolute Gasteiger partial charge is 0.481 e. The minimum Gasteiger partial charge on any atom is -0.481 e. The molecular formula is C14H18ClNO4S. The first-order chi connectivity index (χ1) is 9.70. The molecule has 2 rings (SSSR count). The number of aryl methyl sites for hydroxylation is 1. The topological polar surface area (TPSA) is 74.7 Å². The van der Waals surface area contributed by atoms with E-state index >= 15 is 0 Å². The van der Waals surface area contributed by atoms with Crippen LogP contribution in [0.3, 0.4) is 0 Å². The zero-order valence-electron chi connectivity index (χ0n) is 12.0. The molecule has 1 aromatic carbocycles. The van der Waals surface area contributed by atoms with Crippen LogP contribution in [0.4, 0.5) is 5.69 Å². The standard InChI is InChI=1S/C14H18ClNO4S/c1-9-7-12(11(15)8-13(9)21(2,19)20)16-5-3-10(4-6-16)14(17)18/h7-8,10H,3-6H2,1-2H3,(H,17,18). The van der Waals surface area contributed by atoms with Crippen LogP contribution in [0, 0.1) is 12.8 Å². The van der Waals surface area contributed by atoms with E-state index in [0.717, 1.165) is 11.9 Å². The molecular weight excluding hydrogens is 314 g/mol. The highest BCUT2D eigenvalue weighted by atomic mass is 35.5. The molecule has 0 unspecified atom stereocenters. The van der Waals surface area contributed by atoms with Gasteiger partial charge in [0.2, 0.25) is 0 Å². The molecule has 1 heterocycles. The smallest absolute Gasteiger partial charge is 0.306 e. The molecule has 1 fully saturated rings. The number of piperidine rings is 1. The van der Waals surface area contributed by atoms with Crippen molar-refractivity contribution >= 4 is 33.1 Å². The molecule has 0 aromatic heterocycles. The van der Waals surface area contributed by atoms with Crippen LogP contribution in [0.2, 0.25) is 5.02 Å². The number of rotatable bonds is 3. The number of carbonyl (C=O) groups is 1. The maximum Gasteiger partial charge on any atom is 0.306 e. The van der Waals surface area contributed by atoms with E-state index in [-0.39, 0.29) is 10.8 Å². The average molecular weight is 332 g/mol. The van der Waals surface area contributed by atoms with E-state index in [4.69, 9.17) is 16.7 Å². The van der Waals surface area contributed by atoms with Gasteiger partial charge in [-0.15, -0.1) is 0 Å². The zero-order chi connectivity index (χ0) is 15.8. The molecule has 0 saturated carbocycles. The maximum atomic E-state index is 11.7. The van der Waals surface area contributed by atoms with Crippen molar-refractivity contribution in [2.75, 3.05) is 24.2 Å². The van der Waals surface area contributed by atoms with Gasteiger partial charge in [-0.2, -0.15) is 0 Å². The van der Waals surface area contributed by atoms with Crippen LogP contribution in [0.5, 0.6) is 0 Å². The Morgan fingerprint density at radius 3 is 2.38 bits per heavy atom. The van der Waals surface area contributed by atoms with Crippen LogP contribution >= 0.6 is 11.6 Å². The van der Waals surface area contributed by atoms with Gasteiger partial charge in [-0.1, -0.05) is 11.6 Å². The number of benzene rings is 1. The monoisotopic (exact) mass is 331 g/mol. The Morgan fingerprint density at radius 1 is 1.33 bits per heavy atom. The van der Waals surface area contributed by atoms with Crippen LogP contribution in [0.1, 0.15) is 18.4 Å². The lowest BCUT2D eigenvalue weighted by molar-refractivity contribution is -0.142. The highest BCUT2D eigenvalue weighted by molar-refractivity contribution is 7.90. The summed E-state index contributed by atoms with van der Waals surface area (Å²) < 4.78 is 23.3. The Morgan fingerprint density at radius 2 is 1.90 bits per heavy atom. The average Bonchev–Trinajstić information content (AvgIpc) is 2.40. The van der Waals surface area contributed by atoms with E-state index in [1.165, 1.54) is 6.07 Å². The molecule has 0 atom stereocenters. The normalized spacial score (nSPS) is 17.0. The van der Waals surface area contributed by atoms with E-state index in [2.05, 4.69) is 0 Å². The first kappa shape index (κ1) is 16.1. The fourth-order valence-electron chi connectivity index (χ4n) is 2.66. The van der Waals surface area contributed by atoms with E-state index in [9.17, 15) is 13.2 Å². The van der Waals surface area contributed by atoms with E-state index < -0.39 is 15.8 Å². The van der Waals surface area contributed by atoms with E-state index in [1.807, 2.05) is 4.90 Å². The van der Waals surface area contributed by atoms with E-state index in [1.54, 1.807) is 13.0 Å². The molecule has 0 bridgehead atoms. The van der Waals surface area contributed by atoms with Gasteiger partial charge in [-0.3, -0.25) is 4.79 Å². The summed E-state index contributed by atoms with van der Waals surface area (Å²) >= 11 is 6.22. The Balaban J connectivity index is 2.27. The fraction of sp³-hybridized carbons (Fsp3) is 0.500. The van der Waals surface area contributed by atoms with Gasteiger partial charge < -0.3 is 10.0 Å². The SMILES string of the molecule is Cc1cc(N2CCC(C(=O)O)CC2)c(Cl)cc1S(C)(=O)=O. The molecule has 1 aliphatic heterocycles. The molecule has 7 heteroatoms. The first-order valence-electron chi connectivity index (χ1n) is 6.68. The summed E-state index contributed by atoms with van der Waals surface area (Å²) in [4.78, 5) is 13.2. The molecule has 1 saturated heterocycles. The molecule has 0 amide bonds. The Kier molecular flexibility index (Phi) is 4.49. The summed E-state index contributed by atoms with van der Waals surface area (Å²) in [6.45, 7) is 2.95. The number of halogens is 1. The van der Waals surface area contributed by atoms with Crippen molar-refractivity contribution in [3.05, 3.63) is 22.7 Å². The van der Waals surface area contributed by atoms with Crippen LogP contribution in [0.25, 0.3) is 0 Å². The van der Waals surface area contributed by atoms with Crippen LogP contribution < -0.4 is 4.90 Å². The molecule has 21 heavy (non-hydrogen) atoms. The fourth-order valence-corrected chi connectivity index (χ4v) is 3.98. The van der Waals surface area contributed by atoms with E-state index in [0.29, 0.717) is 36.5 Å². The Bertz CT molecular complexity index is 664. The van der Waals surface area contributed by atoms with Gasteiger partial charge >= 0.3 is 5.97 Å². The minimum atomic E-state index is -3.30. The lowest BCUT2D eigenvalue weighted by Gasteiger charge is -2.33. The number of hydrogen-bond acceptors (Lipinski definition) is 4. The van der Waals surface area contributed by atoms with Crippen molar-refractivity contribution in [2.24, 2.45) is 5.92 Å². The number of anilines is 1. The predicted molar refractivity (Wildman–Crippen MR) is 81.9 cm³/mol. The summed E-state index contributed by atoms with van der Waals surface area (Å²) in [7, 11) is -3.30. The third-order valence-electron chi connectivity index (χ3n) is 3.83. The summed E-state index contributed by atoms with van der Waals surface area (Å²) in [6, 6.07) is 3.24. The van der Waals surface area contributed by atoms with Gasteiger partial charge in [0.1, 0.15) is 0 Å². The Labute approximate surface area is 129 Å². The lowest BCUT2D eigenvalue weighted by atomic mass is 9.96. The summed E-state index contributed by atoms with van der Waals surface area (Å²) in [6.07, 6.45) is 2.29. The highest BCUT2D eigenvalue weighted by Gasteiger charge is 2.26. The van der Waals surface area contributed by atoms with Crippen molar-refractivity contribution in [1.29, 1.82) is 0 Å². The minimum absolute atomic E-state index is 0.233. The number of carboxylic acids is 1. The molecule has 0 spiro atoms. The molecule has 5 nitrogen and oxygen atoms in total. The molecule has 0 radical (unpaired) electrons. The van der Waals surface area contributed by atoms with Crippen LogP contribution in [0.15, 0.2) is 17.0 Å². The predicted octanol–water partition coefficient (Wildman–Crippen LogP) is 2.35. The first-order valence-corrected chi connectivity index (χ1v) is 8.95. The third kappa shape index (κ3) is 3.49. The van der Waals surface area contributed by atoms with Crippen molar-refractivity contribution in [1.82, 2.24) is 0 Å². The van der Waals surface area contributed by atoms with Gasteiger partial charge in [0.15, 0.2) is 9.84 Å². The lowest BCUT2D eigenvalue weighted by Crippen LogP contribution is -2.36. The van der Waals surface area contributed by atoms with Crippen LogP contribution in [-0.2, 0) is 14.6 Å².